The third-order valence-electron chi connectivity index (χ3n) is 6.63. The van der Waals surface area contributed by atoms with Crippen molar-refractivity contribution in [1.82, 2.24) is 5.16 Å². The topological polar surface area (TPSA) is 52.3 Å². The van der Waals surface area contributed by atoms with Crippen LogP contribution in [-0.2, 0) is 4.74 Å². The van der Waals surface area contributed by atoms with Gasteiger partial charge in [0, 0.05) is 17.9 Å². The largest absolute Gasteiger partial charge is 0.461 e. The molecule has 0 unspecified atom stereocenters. The summed E-state index contributed by atoms with van der Waals surface area (Å²) < 4.78 is 12.3. The maximum atomic E-state index is 12.9. The minimum Gasteiger partial charge on any atom is -0.461 e. The first kappa shape index (κ1) is 19.5. The van der Waals surface area contributed by atoms with Crippen molar-refractivity contribution in [3.05, 3.63) is 40.6 Å². The Morgan fingerprint density at radius 1 is 1.25 bits per heavy atom. The van der Waals surface area contributed by atoms with Crippen molar-refractivity contribution in [3.8, 4) is 11.3 Å². The molecule has 0 saturated carbocycles. The first-order valence-electron chi connectivity index (χ1n) is 10.2. The molecule has 0 aliphatic carbocycles. The molecule has 150 valence electrons. The van der Waals surface area contributed by atoms with Crippen molar-refractivity contribution >= 4 is 17.6 Å². The summed E-state index contributed by atoms with van der Waals surface area (Å²) in [6.07, 6.45) is 6.15. The second kappa shape index (κ2) is 7.88. The molecule has 4 rings (SSSR count). The molecule has 0 amide bonds. The average Bonchev–Trinajstić information content (AvgIpc) is 3.07. The second-order valence-corrected chi connectivity index (χ2v) is 8.84. The summed E-state index contributed by atoms with van der Waals surface area (Å²) >= 11 is 6.30. The van der Waals surface area contributed by atoms with Gasteiger partial charge in [-0.1, -0.05) is 35.0 Å². The van der Waals surface area contributed by atoms with Crippen LogP contribution in [0.2, 0.25) is 5.02 Å². The van der Waals surface area contributed by atoms with E-state index in [0.717, 1.165) is 10.9 Å². The van der Waals surface area contributed by atoms with Crippen molar-refractivity contribution in [3.63, 3.8) is 0 Å². The number of fused-ring (bicyclic) bond motifs is 1. The van der Waals surface area contributed by atoms with Crippen molar-refractivity contribution in [2.75, 3.05) is 26.7 Å². The van der Waals surface area contributed by atoms with E-state index in [2.05, 4.69) is 12.2 Å². The van der Waals surface area contributed by atoms with Gasteiger partial charge in [-0.15, -0.1) is 0 Å². The molecule has 1 aromatic carbocycles. The number of carbonyl (C=O) groups excluding carboxylic acids is 1. The van der Waals surface area contributed by atoms with E-state index in [1.165, 1.54) is 38.8 Å². The molecule has 2 saturated heterocycles. The van der Waals surface area contributed by atoms with E-state index in [1.807, 2.05) is 18.2 Å². The lowest BCUT2D eigenvalue weighted by Gasteiger charge is -2.51. The highest BCUT2D eigenvalue weighted by Gasteiger charge is 2.44. The molecular weight excluding hydrogens is 376 g/mol. The lowest BCUT2D eigenvalue weighted by atomic mass is 9.82. The van der Waals surface area contributed by atoms with E-state index in [-0.39, 0.29) is 5.97 Å². The number of benzene rings is 1. The second-order valence-electron chi connectivity index (χ2n) is 8.43. The Labute approximate surface area is 171 Å². The molecule has 3 heterocycles. The summed E-state index contributed by atoms with van der Waals surface area (Å²) in [5, 5.41) is 4.61. The first-order valence-corrected chi connectivity index (χ1v) is 10.6. The predicted molar refractivity (Wildman–Crippen MR) is 108 cm³/mol. The zero-order valence-electron chi connectivity index (χ0n) is 16.6. The van der Waals surface area contributed by atoms with Gasteiger partial charge in [-0.2, -0.15) is 0 Å². The molecule has 0 N–H and O–H groups in total. The van der Waals surface area contributed by atoms with Gasteiger partial charge in [0.2, 0.25) is 0 Å². The highest BCUT2D eigenvalue weighted by molar-refractivity contribution is 6.33. The number of carbonyl (C=O) groups is 1. The van der Waals surface area contributed by atoms with Gasteiger partial charge in [0.1, 0.15) is 23.6 Å². The van der Waals surface area contributed by atoms with E-state index in [1.54, 1.807) is 13.0 Å². The molecule has 1 aromatic heterocycles. The fourth-order valence-corrected chi connectivity index (χ4v) is 5.36. The molecule has 0 radical (unpaired) electrons. The first-order chi connectivity index (χ1) is 13.5. The highest BCUT2D eigenvalue weighted by Crippen LogP contribution is 2.37. The van der Waals surface area contributed by atoms with Gasteiger partial charge in [0.15, 0.2) is 0 Å². The van der Waals surface area contributed by atoms with Crippen LogP contribution in [0, 0.1) is 12.8 Å². The van der Waals surface area contributed by atoms with Crippen LogP contribution in [0.1, 0.15) is 48.2 Å². The summed E-state index contributed by atoms with van der Waals surface area (Å²) in [5.41, 5.74) is 1.52. The number of halogens is 1. The maximum absolute atomic E-state index is 12.9. The molecule has 5 nitrogen and oxygen atoms in total. The number of hydrogen-bond donors (Lipinski definition) is 0. The number of nitrogens with zero attached hydrogens (tertiary/aromatic N) is 2. The van der Waals surface area contributed by atoms with Gasteiger partial charge >= 0.3 is 5.97 Å². The summed E-state index contributed by atoms with van der Waals surface area (Å²) in [5.74, 6) is 0.512. The fourth-order valence-electron chi connectivity index (χ4n) is 5.13. The van der Waals surface area contributed by atoms with Gasteiger partial charge in [-0.3, -0.25) is 0 Å². The summed E-state index contributed by atoms with van der Waals surface area (Å²) in [7, 11) is 2.37. The van der Waals surface area contributed by atoms with Crippen LogP contribution in [0.15, 0.2) is 28.8 Å². The van der Waals surface area contributed by atoms with Crippen molar-refractivity contribution in [2.24, 2.45) is 5.92 Å². The highest BCUT2D eigenvalue weighted by atomic mass is 35.5. The number of piperidine rings is 2. The zero-order valence-corrected chi connectivity index (χ0v) is 17.4. The van der Waals surface area contributed by atoms with E-state index in [9.17, 15) is 4.79 Å². The Morgan fingerprint density at radius 2 is 2.04 bits per heavy atom. The lowest BCUT2D eigenvalue weighted by Crippen LogP contribution is -2.61. The summed E-state index contributed by atoms with van der Waals surface area (Å²) in [4.78, 5) is 12.9. The number of ether oxygens (including phenoxy) is 1. The van der Waals surface area contributed by atoms with E-state index in [4.69, 9.17) is 20.9 Å². The van der Waals surface area contributed by atoms with Gasteiger partial charge in [0.05, 0.1) is 31.2 Å². The molecule has 0 spiro atoms. The Hall–Kier alpha value is -1.85. The predicted octanol–water partition coefficient (Wildman–Crippen LogP) is 4.87. The van der Waals surface area contributed by atoms with Gasteiger partial charge in [0.25, 0.3) is 0 Å². The van der Waals surface area contributed by atoms with Gasteiger partial charge in [-0.25, -0.2) is 4.79 Å². The van der Waals surface area contributed by atoms with Crippen LogP contribution in [0.4, 0.5) is 0 Å². The zero-order chi connectivity index (χ0) is 19.7. The standard InChI is InChI=1S/C22H28ClN2O3/c1-15-20(21(24-28-15)17-9-3-4-10-18(17)23)22(26)27-14-16-8-7-13-25(2)12-6-5-11-19(16)25/h3-4,9-10,16,19H,5-8,11-14H2,1-2H3/q+1/t16-,19+,25-/m0/s1. The van der Waals surface area contributed by atoms with Crippen LogP contribution in [0.5, 0.6) is 0 Å². The Bertz CT molecular complexity index is 861. The average molecular weight is 404 g/mol. The molecule has 0 bridgehead atoms. The van der Waals surface area contributed by atoms with Crippen molar-refractivity contribution in [1.29, 1.82) is 0 Å². The summed E-state index contributed by atoms with van der Waals surface area (Å²) in [6.45, 7) is 4.69. The SMILES string of the molecule is Cc1onc(-c2ccccc2Cl)c1C(=O)OC[C@@H]1CCC[N@+]2(C)CCCC[C@H]12. The number of quaternary nitrogens is 1. The number of rotatable bonds is 4. The minimum absolute atomic E-state index is 0.371. The van der Waals surface area contributed by atoms with E-state index < -0.39 is 0 Å². The number of aryl methyl sites for hydroxylation is 1. The Balaban J connectivity index is 1.51. The van der Waals surface area contributed by atoms with E-state index in [0.29, 0.717) is 46.2 Å². The van der Waals surface area contributed by atoms with E-state index >= 15 is 0 Å². The maximum Gasteiger partial charge on any atom is 0.344 e. The molecule has 2 fully saturated rings. The molecule has 2 aromatic rings. The van der Waals surface area contributed by atoms with Gasteiger partial charge < -0.3 is 13.7 Å². The molecular formula is C22H28ClN2O3+. The molecule has 3 atom stereocenters. The van der Waals surface area contributed by atoms with Crippen LogP contribution in [-0.4, -0.2) is 48.4 Å². The smallest absolute Gasteiger partial charge is 0.344 e. The number of esters is 1. The summed E-state index contributed by atoms with van der Waals surface area (Å²) in [6, 6.07) is 7.92. The third kappa shape index (κ3) is 3.58. The molecule has 2 aliphatic rings. The van der Waals surface area contributed by atoms with Crippen LogP contribution >= 0.6 is 11.6 Å². The van der Waals surface area contributed by atoms with Crippen LogP contribution in [0.3, 0.4) is 0 Å². The Kier molecular flexibility index (Phi) is 5.48. The van der Waals surface area contributed by atoms with Gasteiger partial charge in [-0.05, 0) is 38.7 Å². The number of hydrogen-bond acceptors (Lipinski definition) is 4. The third-order valence-corrected chi connectivity index (χ3v) is 6.96. The fraction of sp³-hybridized carbons (Fsp3) is 0.545. The Morgan fingerprint density at radius 3 is 2.86 bits per heavy atom. The molecule has 6 heteroatoms. The lowest BCUT2D eigenvalue weighted by molar-refractivity contribution is -0.947. The van der Waals surface area contributed by atoms with Crippen molar-refractivity contribution in [2.45, 2.75) is 45.1 Å². The molecule has 2 aliphatic heterocycles. The van der Waals surface area contributed by atoms with Crippen molar-refractivity contribution < 1.29 is 18.5 Å². The quantitative estimate of drug-likeness (QED) is 0.539. The normalized spacial score (nSPS) is 27.2. The number of aromatic nitrogens is 1. The minimum atomic E-state index is -0.371. The van der Waals surface area contributed by atoms with Crippen LogP contribution in [0.25, 0.3) is 11.3 Å². The van der Waals surface area contributed by atoms with Crippen LogP contribution < -0.4 is 0 Å². The monoisotopic (exact) mass is 403 g/mol. The molecule has 28 heavy (non-hydrogen) atoms.